The van der Waals surface area contributed by atoms with Gasteiger partial charge in [0, 0.05) is 25.8 Å². The molecule has 1 saturated heterocycles. The average molecular weight is 262 g/mol. The monoisotopic (exact) mass is 262 g/mol. The highest BCUT2D eigenvalue weighted by atomic mass is 19.4. The van der Waals surface area contributed by atoms with Crippen molar-refractivity contribution in [1.29, 1.82) is 0 Å². The number of halogens is 3. The van der Waals surface area contributed by atoms with Crippen molar-refractivity contribution in [2.45, 2.75) is 31.5 Å². The van der Waals surface area contributed by atoms with Crippen LogP contribution in [0.2, 0.25) is 0 Å². The van der Waals surface area contributed by atoms with E-state index in [4.69, 9.17) is 5.73 Å². The maximum absolute atomic E-state index is 12.1. The number of nitrogens with two attached hydrogens (primary N) is 1. The Kier molecular flexibility index (Phi) is 3.79. The van der Waals surface area contributed by atoms with Gasteiger partial charge in [-0.1, -0.05) is 0 Å². The maximum Gasteiger partial charge on any atom is 0.390 e. The zero-order valence-corrected chi connectivity index (χ0v) is 10.0. The van der Waals surface area contributed by atoms with Gasteiger partial charge < -0.3 is 10.6 Å². The molecule has 0 aromatic carbocycles. The van der Waals surface area contributed by atoms with Gasteiger partial charge in [0.1, 0.15) is 5.82 Å². The SMILES string of the molecule is Nc1ccn(C2CCN(CCC(F)(F)F)CC2)n1. The molecule has 0 amide bonds. The lowest BCUT2D eigenvalue weighted by atomic mass is 10.1. The summed E-state index contributed by atoms with van der Waals surface area (Å²) in [7, 11) is 0. The molecule has 0 spiro atoms. The molecule has 2 rings (SSSR count). The van der Waals surface area contributed by atoms with Gasteiger partial charge in [0.05, 0.1) is 12.5 Å². The van der Waals surface area contributed by atoms with Gasteiger partial charge >= 0.3 is 6.18 Å². The molecule has 0 aliphatic carbocycles. The van der Waals surface area contributed by atoms with Crippen LogP contribution < -0.4 is 5.73 Å². The summed E-state index contributed by atoms with van der Waals surface area (Å²) < 4.78 is 38.1. The summed E-state index contributed by atoms with van der Waals surface area (Å²) in [5, 5.41) is 4.14. The molecule has 1 aliphatic heterocycles. The van der Waals surface area contributed by atoms with Crippen LogP contribution in [0.4, 0.5) is 19.0 Å². The Morgan fingerprint density at radius 2 is 2.00 bits per heavy atom. The quantitative estimate of drug-likeness (QED) is 0.907. The Bertz CT molecular complexity index is 380. The second-order valence-electron chi connectivity index (χ2n) is 4.66. The first kappa shape index (κ1) is 13.2. The van der Waals surface area contributed by atoms with E-state index in [2.05, 4.69) is 5.10 Å². The Labute approximate surface area is 104 Å². The number of alkyl halides is 3. The molecule has 1 fully saturated rings. The number of nitrogens with zero attached hydrogens (tertiary/aromatic N) is 3. The summed E-state index contributed by atoms with van der Waals surface area (Å²) in [6.45, 7) is 1.46. The van der Waals surface area contributed by atoms with E-state index >= 15 is 0 Å². The van der Waals surface area contributed by atoms with E-state index in [1.165, 1.54) is 0 Å². The second-order valence-corrected chi connectivity index (χ2v) is 4.66. The topological polar surface area (TPSA) is 47.1 Å². The highest BCUT2D eigenvalue weighted by Gasteiger charge is 2.29. The van der Waals surface area contributed by atoms with Gasteiger partial charge in [-0.3, -0.25) is 4.68 Å². The number of hydrogen-bond donors (Lipinski definition) is 1. The summed E-state index contributed by atoms with van der Waals surface area (Å²) in [5.74, 6) is 0.481. The standard InChI is InChI=1S/C11H17F3N4/c12-11(13,14)4-8-17-5-1-9(2-6-17)18-7-3-10(15)16-18/h3,7,9H,1-2,4-6,8H2,(H2,15,16). The minimum Gasteiger partial charge on any atom is -0.382 e. The molecule has 0 radical (unpaired) electrons. The number of hydrogen-bond acceptors (Lipinski definition) is 3. The predicted octanol–water partition coefficient (Wildman–Crippen LogP) is 2.05. The summed E-state index contributed by atoms with van der Waals surface area (Å²) >= 11 is 0. The molecule has 18 heavy (non-hydrogen) atoms. The summed E-state index contributed by atoms with van der Waals surface area (Å²) in [5.41, 5.74) is 5.54. The average Bonchev–Trinajstić information content (AvgIpc) is 2.73. The van der Waals surface area contributed by atoms with Crippen LogP contribution in [0, 0.1) is 0 Å². The van der Waals surface area contributed by atoms with Gasteiger partial charge in [-0.15, -0.1) is 0 Å². The van der Waals surface area contributed by atoms with Crippen LogP contribution in [-0.4, -0.2) is 40.5 Å². The zero-order valence-electron chi connectivity index (χ0n) is 10.0. The molecule has 0 atom stereocenters. The normalized spacial score (nSPS) is 19.3. The molecule has 102 valence electrons. The smallest absolute Gasteiger partial charge is 0.382 e. The molecule has 0 bridgehead atoms. The fraction of sp³-hybridized carbons (Fsp3) is 0.727. The van der Waals surface area contributed by atoms with Crippen molar-refractivity contribution >= 4 is 5.82 Å². The Morgan fingerprint density at radius 3 is 2.50 bits per heavy atom. The van der Waals surface area contributed by atoms with Gasteiger partial charge in [0.15, 0.2) is 0 Å². The van der Waals surface area contributed by atoms with Crippen molar-refractivity contribution in [2.75, 3.05) is 25.4 Å². The first-order chi connectivity index (χ1) is 8.44. The van der Waals surface area contributed by atoms with E-state index in [0.29, 0.717) is 18.9 Å². The highest BCUT2D eigenvalue weighted by molar-refractivity contribution is 5.24. The molecule has 2 N–H and O–H groups in total. The highest BCUT2D eigenvalue weighted by Crippen LogP contribution is 2.25. The van der Waals surface area contributed by atoms with E-state index in [1.54, 1.807) is 6.07 Å². The van der Waals surface area contributed by atoms with E-state index < -0.39 is 12.6 Å². The number of aromatic nitrogens is 2. The molecule has 2 heterocycles. The lowest BCUT2D eigenvalue weighted by Crippen LogP contribution is -2.36. The van der Waals surface area contributed by atoms with Gasteiger partial charge in [0.2, 0.25) is 0 Å². The van der Waals surface area contributed by atoms with Gasteiger partial charge in [-0.2, -0.15) is 18.3 Å². The molecule has 0 unspecified atom stereocenters. The molecule has 7 heteroatoms. The van der Waals surface area contributed by atoms with E-state index in [1.807, 2.05) is 15.8 Å². The van der Waals surface area contributed by atoms with Crippen LogP contribution in [0.15, 0.2) is 12.3 Å². The van der Waals surface area contributed by atoms with E-state index in [-0.39, 0.29) is 12.6 Å². The van der Waals surface area contributed by atoms with Crippen molar-refractivity contribution in [1.82, 2.24) is 14.7 Å². The molecule has 1 aromatic heterocycles. The molecule has 1 aliphatic rings. The maximum atomic E-state index is 12.1. The fourth-order valence-electron chi connectivity index (χ4n) is 2.25. The van der Waals surface area contributed by atoms with Crippen molar-refractivity contribution < 1.29 is 13.2 Å². The summed E-state index contributed by atoms with van der Waals surface area (Å²) in [6.07, 6.45) is -1.33. The molecule has 0 saturated carbocycles. The number of rotatable bonds is 3. The summed E-state index contributed by atoms with van der Waals surface area (Å²) in [4.78, 5) is 1.86. The van der Waals surface area contributed by atoms with Gasteiger partial charge in [0.25, 0.3) is 0 Å². The third kappa shape index (κ3) is 3.63. The Morgan fingerprint density at radius 1 is 1.33 bits per heavy atom. The molecule has 1 aromatic rings. The minimum atomic E-state index is -4.06. The fourth-order valence-corrected chi connectivity index (χ4v) is 2.25. The number of likely N-dealkylation sites (tertiary alicyclic amines) is 1. The van der Waals surface area contributed by atoms with Crippen molar-refractivity contribution in [2.24, 2.45) is 0 Å². The second kappa shape index (κ2) is 5.17. The van der Waals surface area contributed by atoms with Gasteiger partial charge in [-0.25, -0.2) is 0 Å². The molecule has 4 nitrogen and oxygen atoms in total. The van der Waals surface area contributed by atoms with Crippen LogP contribution in [0.1, 0.15) is 25.3 Å². The van der Waals surface area contributed by atoms with Crippen molar-refractivity contribution in [3.8, 4) is 0 Å². The first-order valence-electron chi connectivity index (χ1n) is 6.04. The Balaban J connectivity index is 1.78. The molecular formula is C11H17F3N4. The predicted molar refractivity (Wildman–Crippen MR) is 62.0 cm³/mol. The van der Waals surface area contributed by atoms with Gasteiger partial charge in [-0.05, 0) is 18.9 Å². The van der Waals surface area contributed by atoms with Crippen LogP contribution in [0.25, 0.3) is 0 Å². The van der Waals surface area contributed by atoms with Crippen LogP contribution in [-0.2, 0) is 0 Å². The van der Waals surface area contributed by atoms with Crippen LogP contribution in [0.3, 0.4) is 0 Å². The third-order valence-electron chi connectivity index (χ3n) is 3.27. The minimum absolute atomic E-state index is 0.0947. The van der Waals surface area contributed by atoms with E-state index in [9.17, 15) is 13.2 Å². The third-order valence-corrected chi connectivity index (χ3v) is 3.27. The van der Waals surface area contributed by atoms with Crippen LogP contribution in [0.5, 0.6) is 0 Å². The first-order valence-corrected chi connectivity index (χ1v) is 6.04. The zero-order chi connectivity index (χ0) is 13.2. The lowest BCUT2D eigenvalue weighted by molar-refractivity contribution is -0.138. The Hall–Kier alpha value is -1.24. The lowest BCUT2D eigenvalue weighted by Gasteiger charge is -2.32. The van der Waals surface area contributed by atoms with Crippen LogP contribution >= 0.6 is 0 Å². The number of piperidine rings is 1. The van der Waals surface area contributed by atoms with Crippen molar-refractivity contribution in [3.05, 3.63) is 12.3 Å². The molecular weight excluding hydrogens is 245 g/mol. The largest absolute Gasteiger partial charge is 0.390 e. The summed E-state index contributed by atoms with van der Waals surface area (Å²) in [6, 6.07) is 1.99. The van der Waals surface area contributed by atoms with E-state index in [0.717, 1.165) is 12.8 Å². The van der Waals surface area contributed by atoms with Crippen molar-refractivity contribution in [3.63, 3.8) is 0 Å². The number of anilines is 1. The number of nitrogen functional groups attached to an aromatic ring is 1.